The van der Waals surface area contributed by atoms with Crippen molar-refractivity contribution >= 4 is 29.9 Å². The van der Waals surface area contributed by atoms with E-state index in [4.69, 9.17) is 9.47 Å². The maximum atomic E-state index is 5.33. The number of hydrogen-bond acceptors (Lipinski definition) is 5. The predicted molar refractivity (Wildman–Crippen MR) is 104 cm³/mol. The van der Waals surface area contributed by atoms with Gasteiger partial charge in [-0.1, -0.05) is 0 Å². The van der Waals surface area contributed by atoms with Crippen LogP contribution in [0.1, 0.15) is 31.9 Å². The largest absolute Gasteiger partial charge is 0.380 e. The molecule has 0 fully saturated rings. The molecular formula is C15H29IN6O2. The lowest BCUT2D eigenvalue weighted by molar-refractivity contribution is 0.155. The van der Waals surface area contributed by atoms with Crippen molar-refractivity contribution in [3.8, 4) is 0 Å². The van der Waals surface area contributed by atoms with Crippen LogP contribution >= 0.6 is 24.0 Å². The minimum atomic E-state index is 0. The summed E-state index contributed by atoms with van der Waals surface area (Å²) in [6.45, 7) is 8.16. The third kappa shape index (κ3) is 6.52. The molecule has 0 aliphatic carbocycles. The second-order valence-corrected chi connectivity index (χ2v) is 5.40. The van der Waals surface area contributed by atoms with Gasteiger partial charge in [-0.2, -0.15) is 5.10 Å². The number of methoxy groups -OCH3 is 1. The Morgan fingerprint density at radius 1 is 1.42 bits per heavy atom. The van der Waals surface area contributed by atoms with Crippen molar-refractivity contribution in [2.45, 2.75) is 45.9 Å². The Morgan fingerprint density at radius 3 is 2.96 bits per heavy atom. The Labute approximate surface area is 160 Å². The highest BCUT2D eigenvalue weighted by atomic mass is 127. The zero-order valence-electron chi connectivity index (χ0n) is 14.7. The Bertz CT molecular complexity index is 508. The van der Waals surface area contributed by atoms with Crippen LogP contribution in [0, 0.1) is 0 Å². The van der Waals surface area contributed by atoms with Gasteiger partial charge in [0, 0.05) is 32.7 Å². The Balaban J connectivity index is 0.00000288. The summed E-state index contributed by atoms with van der Waals surface area (Å²) in [7, 11) is 1.66. The van der Waals surface area contributed by atoms with E-state index < -0.39 is 0 Å². The van der Waals surface area contributed by atoms with E-state index in [2.05, 4.69) is 32.6 Å². The van der Waals surface area contributed by atoms with Gasteiger partial charge in [-0.15, -0.1) is 24.0 Å². The predicted octanol–water partition coefficient (Wildman–Crippen LogP) is 0.949. The standard InChI is InChI=1S/C15H28N6O2.HI/c1-4-16-15(17-8-9-23-5-2)18-12-6-7-14-19-13(11-22-3)20-21(14)10-12;/h12H,4-11H2,1-3H3,(H2,16,17,18);1H. The summed E-state index contributed by atoms with van der Waals surface area (Å²) in [5, 5.41) is 11.2. The third-order valence-electron chi connectivity index (χ3n) is 3.57. The lowest BCUT2D eigenvalue weighted by atomic mass is 10.1. The fraction of sp³-hybridized carbons (Fsp3) is 0.800. The third-order valence-corrected chi connectivity index (χ3v) is 3.57. The first kappa shape index (κ1) is 21.1. The van der Waals surface area contributed by atoms with Crippen molar-refractivity contribution in [2.75, 3.05) is 33.4 Å². The molecule has 1 aromatic heterocycles. The smallest absolute Gasteiger partial charge is 0.191 e. The highest BCUT2D eigenvalue weighted by Gasteiger charge is 2.22. The van der Waals surface area contributed by atoms with Gasteiger partial charge in [0.15, 0.2) is 11.8 Å². The van der Waals surface area contributed by atoms with E-state index in [0.29, 0.717) is 25.8 Å². The highest BCUT2D eigenvalue weighted by molar-refractivity contribution is 14.0. The zero-order valence-corrected chi connectivity index (χ0v) is 17.1. The van der Waals surface area contributed by atoms with Crippen molar-refractivity contribution in [3.63, 3.8) is 0 Å². The summed E-state index contributed by atoms with van der Waals surface area (Å²) in [4.78, 5) is 9.04. The number of rotatable bonds is 8. The molecule has 2 N–H and O–H groups in total. The lowest BCUT2D eigenvalue weighted by Gasteiger charge is -2.25. The van der Waals surface area contributed by atoms with E-state index in [9.17, 15) is 0 Å². The highest BCUT2D eigenvalue weighted by Crippen LogP contribution is 2.13. The molecule has 1 aliphatic rings. The molecule has 0 saturated heterocycles. The molecule has 0 radical (unpaired) electrons. The molecule has 24 heavy (non-hydrogen) atoms. The second kappa shape index (κ2) is 11.6. The summed E-state index contributed by atoms with van der Waals surface area (Å²) >= 11 is 0. The van der Waals surface area contributed by atoms with Crippen LogP contribution in [-0.4, -0.2) is 60.2 Å². The number of halogens is 1. The molecule has 0 spiro atoms. The first-order valence-corrected chi connectivity index (χ1v) is 8.30. The fourth-order valence-corrected chi connectivity index (χ4v) is 2.55. The van der Waals surface area contributed by atoms with Crippen LogP contribution in [-0.2, 0) is 29.0 Å². The number of fused-ring (bicyclic) bond motifs is 1. The number of aliphatic imine (C=N–C) groups is 1. The molecule has 1 aliphatic heterocycles. The van der Waals surface area contributed by atoms with Crippen molar-refractivity contribution in [2.24, 2.45) is 4.99 Å². The molecule has 0 amide bonds. The van der Waals surface area contributed by atoms with Gasteiger partial charge in [0.05, 0.1) is 19.7 Å². The average molecular weight is 452 g/mol. The van der Waals surface area contributed by atoms with E-state index >= 15 is 0 Å². The van der Waals surface area contributed by atoms with Crippen LogP contribution < -0.4 is 10.6 Å². The molecule has 2 rings (SSSR count). The Kier molecular flexibility index (Phi) is 10.2. The maximum Gasteiger partial charge on any atom is 0.191 e. The minimum Gasteiger partial charge on any atom is -0.380 e. The van der Waals surface area contributed by atoms with E-state index in [1.54, 1.807) is 7.11 Å². The lowest BCUT2D eigenvalue weighted by Crippen LogP contribution is -2.47. The summed E-state index contributed by atoms with van der Waals surface area (Å²) in [6, 6.07) is 0.296. The van der Waals surface area contributed by atoms with Gasteiger partial charge in [0.2, 0.25) is 0 Å². The molecule has 0 aromatic carbocycles. The second-order valence-electron chi connectivity index (χ2n) is 5.40. The van der Waals surface area contributed by atoms with Gasteiger partial charge >= 0.3 is 0 Å². The van der Waals surface area contributed by atoms with Crippen LogP contribution in [0.4, 0.5) is 0 Å². The summed E-state index contributed by atoms with van der Waals surface area (Å²) < 4.78 is 12.4. The molecule has 8 nitrogen and oxygen atoms in total. The Hall–Kier alpha value is -0.940. The summed E-state index contributed by atoms with van der Waals surface area (Å²) in [6.07, 6.45) is 1.92. The van der Waals surface area contributed by atoms with Gasteiger partial charge in [-0.05, 0) is 20.3 Å². The Morgan fingerprint density at radius 2 is 2.25 bits per heavy atom. The van der Waals surface area contributed by atoms with E-state index in [1.165, 1.54) is 0 Å². The van der Waals surface area contributed by atoms with E-state index in [-0.39, 0.29) is 24.0 Å². The van der Waals surface area contributed by atoms with Gasteiger partial charge in [0.1, 0.15) is 12.4 Å². The van der Waals surface area contributed by atoms with E-state index in [1.807, 2.05) is 11.6 Å². The van der Waals surface area contributed by atoms with Gasteiger partial charge in [0.25, 0.3) is 0 Å². The average Bonchev–Trinajstić information content (AvgIpc) is 2.93. The van der Waals surface area contributed by atoms with Crippen molar-refractivity contribution in [1.82, 2.24) is 25.4 Å². The SMILES string of the molecule is CCNC(=NCCOCC)NC1CCc2nc(COC)nn2C1.I. The van der Waals surface area contributed by atoms with Gasteiger partial charge in [-0.3, -0.25) is 4.99 Å². The number of hydrogen-bond donors (Lipinski definition) is 2. The summed E-state index contributed by atoms with van der Waals surface area (Å²) in [5.74, 6) is 2.62. The fourth-order valence-electron chi connectivity index (χ4n) is 2.55. The van der Waals surface area contributed by atoms with Gasteiger partial charge < -0.3 is 20.1 Å². The zero-order chi connectivity index (χ0) is 16.5. The van der Waals surface area contributed by atoms with Crippen LogP contribution in [0.5, 0.6) is 0 Å². The first-order valence-electron chi connectivity index (χ1n) is 8.30. The molecule has 9 heteroatoms. The number of nitrogens with one attached hydrogen (secondary N) is 2. The molecule has 2 heterocycles. The van der Waals surface area contributed by atoms with Gasteiger partial charge in [-0.25, -0.2) is 9.67 Å². The number of nitrogens with zero attached hydrogens (tertiary/aromatic N) is 4. The molecule has 1 aromatic rings. The number of aryl methyl sites for hydroxylation is 1. The normalized spacial score (nSPS) is 17.1. The maximum absolute atomic E-state index is 5.33. The van der Waals surface area contributed by atoms with Crippen molar-refractivity contribution < 1.29 is 9.47 Å². The molecule has 1 atom stereocenters. The topological polar surface area (TPSA) is 85.6 Å². The van der Waals surface area contributed by atoms with Crippen molar-refractivity contribution in [1.29, 1.82) is 0 Å². The quantitative estimate of drug-likeness (QED) is 0.265. The number of aromatic nitrogens is 3. The molecule has 0 saturated carbocycles. The molecular weight excluding hydrogens is 423 g/mol. The monoisotopic (exact) mass is 452 g/mol. The minimum absolute atomic E-state index is 0. The van der Waals surface area contributed by atoms with Crippen LogP contribution in [0.15, 0.2) is 4.99 Å². The molecule has 138 valence electrons. The van der Waals surface area contributed by atoms with Crippen LogP contribution in [0.3, 0.4) is 0 Å². The molecule has 1 unspecified atom stereocenters. The molecule has 0 bridgehead atoms. The number of ether oxygens (including phenoxy) is 2. The summed E-state index contributed by atoms with van der Waals surface area (Å²) in [5.41, 5.74) is 0. The van der Waals surface area contributed by atoms with Crippen LogP contribution in [0.2, 0.25) is 0 Å². The first-order chi connectivity index (χ1) is 11.3. The van der Waals surface area contributed by atoms with Crippen molar-refractivity contribution in [3.05, 3.63) is 11.6 Å². The number of guanidine groups is 1. The van der Waals surface area contributed by atoms with Crippen LogP contribution in [0.25, 0.3) is 0 Å². The van der Waals surface area contributed by atoms with E-state index in [0.717, 1.165) is 50.1 Å².